The molecule has 19 heavy (non-hydrogen) atoms. The van der Waals surface area contributed by atoms with Gasteiger partial charge in [0.1, 0.15) is 0 Å². The molecule has 2 rings (SSSR count). The van der Waals surface area contributed by atoms with Gasteiger partial charge in [0.05, 0.1) is 6.04 Å². The van der Waals surface area contributed by atoms with E-state index in [9.17, 15) is 0 Å². The van der Waals surface area contributed by atoms with Crippen LogP contribution in [0.3, 0.4) is 0 Å². The Kier molecular flexibility index (Phi) is 5.07. The van der Waals surface area contributed by atoms with Gasteiger partial charge >= 0.3 is 0 Å². The Labute approximate surface area is 132 Å². The smallest absolute Gasteiger partial charge is 0.0674 e. The fourth-order valence-electron chi connectivity index (χ4n) is 2.25. The molecule has 0 aliphatic heterocycles. The molecule has 0 aliphatic carbocycles. The third-order valence-corrected chi connectivity index (χ3v) is 4.86. The second-order valence-electron chi connectivity index (χ2n) is 4.60. The van der Waals surface area contributed by atoms with Crippen LogP contribution < -0.4 is 5.32 Å². The van der Waals surface area contributed by atoms with Crippen molar-refractivity contribution in [1.82, 2.24) is 5.32 Å². The molecular formula is C15H17BrClNS. The molecule has 1 heterocycles. The lowest BCUT2D eigenvalue weighted by atomic mass is 10.0. The molecule has 0 saturated heterocycles. The van der Waals surface area contributed by atoms with Crippen molar-refractivity contribution in [2.75, 3.05) is 6.54 Å². The average molecular weight is 359 g/mol. The van der Waals surface area contributed by atoms with Crippen LogP contribution in [0.4, 0.5) is 0 Å². The molecule has 102 valence electrons. The predicted molar refractivity (Wildman–Crippen MR) is 88.5 cm³/mol. The highest BCUT2D eigenvalue weighted by molar-refractivity contribution is 9.10. The van der Waals surface area contributed by atoms with Crippen molar-refractivity contribution in [1.29, 1.82) is 0 Å². The van der Waals surface area contributed by atoms with Gasteiger partial charge in [0, 0.05) is 19.2 Å². The van der Waals surface area contributed by atoms with Crippen LogP contribution in [0.25, 0.3) is 0 Å². The first-order valence-electron chi connectivity index (χ1n) is 6.27. The summed E-state index contributed by atoms with van der Waals surface area (Å²) >= 11 is 11.5. The molecule has 0 radical (unpaired) electrons. The summed E-state index contributed by atoms with van der Waals surface area (Å²) in [5.74, 6) is 0. The number of halogens is 2. The topological polar surface area (TPSA) is 12.0 Å². The summed E-state index contributed by atoms with van der Waals surface area (Å²) in [6.45, 7) is 7.37. The molecule has 0 saturated carbocycles. The van der Waals surface area contributed by atoms with Crippen LogP contribution in [0.15, 0.2) is 28.7 Å². The molecule has 1 N–H and O–H groups in total. The standard InChI is InChI=1S/C15H17BrClNS/c1-4-18-14(15-9(2)5-10(3)19-15)11-6-12(16)8-13(17)7-11/h5-8,14,18H,4H2,1-3H3. The van der Waals surface area contributed by atoms with E-state index in [4.69, 9.17) is 11.6 Å². The van der Waals surface area contributed by atoms with E-state index in [0.29, 0.717) is 0 Å². The van der Waals surface area contributed by atoms with Gasteiger partial charge in [-0.1, -0.05) is 34.5 Å². The Bertz CT molecular complexity index is 559. The average Bonchev–Trinajstić information content (AvgIpc) is 2.64. The third-order valence-electron chi connectivity index (χ3n) is 2.97. The Morgan fingerprint density at radius 1 is 1.26 bits per heavy atom. The van der Waals surface area contributed by atoms with E-state index in [0.717, 1.165) is 16.0 Å². The van der Waals surface area contributed by atoms with Crippen molar-refractivity contribution in [3.8, 4) is 0 Å². The molecule has 1 aromatic heterocycles. The fraction of sp³-hybridized carbons (Fsp3) is 0.333. The molecule has 1 nitrogen and oxygen atoms in total. The summed E-state index contributed by atoms with van der Waals surface area (Å²) in [6.07, 6.45) is 0. The van der Waals surface area contributed by atoms with Gasteiger partial charge in [0.25, 0.3) is 0 Å². The quantitative estimate of drug-likeness (QED) is 0.763. The minimum absolute atomic E-state index is 0.207. The van der Waals surface area contributed by atoms with Crippen molar-refractivity contribution < 1.29 is 0 Å². The van der Waals surface area contributed by atoms with Crippen LogP contribution in [0.5, 0.6) is 0 Å². The van der Waals surface area contributed by atoms with Crippen molar-refractivity contribution >= 4 is 38.9 Å². The number of rotatable bonds is 4. The molecule has 0 amide bonds. The fourth-order valence-corrected chi connectivity index (χ4v) is 4.28. The zero-order valence-electron chi connectivity index (χ0n) is 11.3. The van der Waals surface area contributed by atoms with Crippen LogP contribution in [0.1, 0.15) is 33.8 Å². The summed E-state index contributed by atoms with van der Waals surface area (Å²) in [7, 11) is 0. The van der Waals surface area contributed by atoms with Gasteiger partial charge in [0.15, 0.2) is 0 Å². The van der Waals surface area contributed by atoms with Crippen LogP contribution in [-0.4, -0.2) is 6.54 Å². The molecule has 0 spiro atoms. The van der Waals surface area contributed by atoms with Gasteiger partial charge in [-0.15, -0.1) is 11.3 Å². The number of benzene rings is 1. The molecule has 1 aromatic carbocycles. The first-order valence-corrected chi connectivity index (χ1v) is 8.26. The predicted octanol–water partition coefficient (Wildman–Crippen LogP) is 5.48. The van der Waals surface area contributed by atoms with E-state index in [1.165, 1.54) is 20.9 Å². The molecule has 2 aromatic rings. The Morgan fingerprint density at radius 3 is 2.53 bits per heavy atom. The second-order valence-corrected chi connectivity index (χ2v) is 7.24. The van der Waals surface area contributed by atoms with E-state index < -0.39 is 0 Å². The minimum atomic E-state index is 0.207. The Morgan fingerprint density at radius 2 is 2.00 bits per heavy atom. The molecular weight excluding hydrogens is 342 g/mol. The monoisotopic (exact) mass is 357 g/mol. The number of hydrogen-bond acceptors (Lipinski definition) is 2. The highest BCUT2D eigenvalue weighted by Gasteiger charge is 2.18. The molecule has 4 heteroatoms. The Balaban J connectivity index is 2.47. The third kappa shape index (κ3) is 3.60. The van der Waals surface area contributed by atoms with Crippen LogP contribution >= 0.6 is 38.9 Å². The first-order chi connectivity index (χ1) is 9.01. The maximum absolute atomic E-state index is 6.17. The van der Waals surface area contributed by atoms with E-state index >= 15 is 0 Å². The summed E-state index contributed by atoms with van der Waals surface area (Å²) < 4.78 is 1.02. The van der Waals surface area contributed by atoms with Crippen LogP contribution in [0, 0.1) is 13.8 Å². The maximum atomic E-state index is 6.17. The molecule has 1 atom stereocenters. The number of aryl methyl sites for hydroxylation is 2. The lowest BCUT2D eigenvalue weighted by molar-refractivity contribution is 0.637. The zero-order chi connectivity index (χ0) is 14.0. The van der Waals surface area contributed by atoms with Gasteiger partial charge < -0.3 is 5.32 Å². The van der Waals surface area contributed by atoms with Gasteiger partial charge in [0.2, 0.25) is 0 Å². The van der Waals surface area contributed by atoms with Gasteiger partial charge in [-0.2, -0.15) is 0 Å². The second kappa shape index (κ2) is 6.40. The highest BCUT2D eigenvalue weighted by Crippen LogP contribution is 2.34. The number of thiophene rings is 1. The van der Waals surface area contributed by atoms with Gasteiger partial charge in [-0.05, 0) is 55.8 Å². The molecule has 0 aliphatic rings. The van der Waals surface area contributed by atoms with E-state index in [1.807, 2.05) is 23.5 Å². The first kappa shape index (κ1) is 15.0. The van der Waals surface area contributed by atoms with Crippen molar-refractivity contribution in [2.24, 2.45) is 0 Å². The minimum Gasteiger partial charge on any atom is -0.306 e. The summed E-state index contributed by atoms with van der Waals surface area (Å²) in [5.41, 5.74) is 2.54. The molecule has 1 unspecified atom stereocenters. The largest absolute Gasteiger partial charge is 0.306 e. The SMILES string of the molecule is CCNC(c1cc(Cl)cc(Br)c1)c1sc(C)cc1C. The number of hydrogen-bond donors (Lipinski definition) is 1. The van der Waals surface area contributed by atoms with Crippen molar-refractivity contribution in [3.05, 3.63) is 54.6 Å². The molecule has 0 bridgehead atoms. The normalized spacial score (nSPS) is 12.7. The summed E-state index contributed by atoms with van der Waals surface area (Å²) in [6, 6.07) is 8.53. The van der Waals surface area contributed by atoms with Crippen molar-refractivity contribution in [3.63, 3.8) is 0 Å². The van der Waals surface area contributed by atoms with Gasteiger partial charge in [-0.25, -0.2) is 0 Å². The Hall–Kier alpha value is -0.350. The summed E-state index contributed by atoms with van der Waals surface area (Å²) in [4.78, 5) is 2.71. The molecule has 0 fully saturated rings. The van der Waals surface area contributed by atoms with Gasteiger partial charge in [-0.3, -0.25) is 0 Å². The zero-order valence-corrected chi connectivity index (χ0v) is 14.4. The maximum Gasteiger partial charge on any atom is 0.0674 e. The lowest BCUT2D eigenvalue weighted by Crippen LogP contribution is -2.21. The van der Waals surface area contributed by atoms with E-state index in [-0.39, 0.29) is 6.04 Å². The lowest BCUT2D eigenvalue weighted by Gasteiger charge is -2.19. The van der Waals surface area contributed by atoms with Crippen molar-refractivity contribution in [2.45, 2.75) is 26.8 Å². The van der Waals surface area contributed by atoms with Crippen LogP contribution in [0.2, 0.25) is 5.02 Å². The van der Waals surface area contributed by atoms with E-state index in [2.05, 4.69) is 54.2 Å². The van der Waals surface area contributed by atoms with E-state index in [1.54, 1.807) is 0 Å². The number of nitrogens with one attached hydrogen (secondary N) is 1. The van der Waals surface area contributed by atoms with Crippen LogP contribution in [-0.2, 0) is 0 Å². The summed E-state index contributed by atoms with van der Waals surface area (Å²) in [5, 5.41) is 4.32. The highest BCUT2D eigenvalue weighted by atomic mass is 79.9.